The van der Waals surface area contributed by atoms with E-state index in [2.05, 4.69) is 28.5 Å². The molecule has 0 aliphatic heterocycles. The fourth-order valence-corrected chi connectivity index (χ4v) is 2.63. The van der Waals surface area contributed by atoms with Gasteiger partial charge in [-0.3, -0.25) is 0 Å². The number of aliphatic hydroxyl groups excluding tert-OH is 1. The summed E-state index contributed by atoms with van der Waals surface area (Å²) in [7, 11) is -1.47. The largest absolute Gasteiger partial charge is 0.390 e. The molecule has 6 nitrogen and oxygen atoms in total. The normalized spacial score (nSPS) is 12.5. The molecule has 0 fully saturated rings. The lowest BCUT2D eigenvalue weighted by molar-refractivity contribution is 0.271. The predicted octanol–water partition coefficient (Wildman–Crippen LogP) is 0.516. The topological polar surface area (TPSA) is 85.4 Å². The van der Waals surface area contributed by atoms with Crippen molar-refractivity contribution in [3.63, 3.8) is 0 Å². The Kier molecular flexibility index (Phi) is 5.99. The monoisotopic (exact) mass is 289 g/mol. The van der Waals surface area contributed by atoms with E-state index in [-0.39, 0.29) is 11.5 Å². The molecular weight excluding hydrogens is 266 g/mol. The van der Waals surface area contributed by atoms with Crippen LogP contribution in [0.4, 0.5) is 0 Å². The maximum Gasteiger partial charge on any atom is 0.242 e. The highest BCUT2D eigenvalue weighted by Crippen LogP contribution is 2.10. The van der Waals surface area contributed by atoms with Crippen LogP contribution in [0.3, 0.4) is 0 Å². The lowest BCUT2D eigenvalue weighted by atomic mass is 10.3. The molecule has 0 atom stereocenters. The fraction of sp³-hybridized carbons (Fsp3) is 0.667. The summed E-state index contributed by atoms with van der Waals surface area (Å²) in [6.45, 7) is 5.24. The Labute approximate surface area is 114 Å². The molecule has 1 heterocycles. The van der Waals surface area contributed by atoms with Gasteiger partial charge in [0.1, 0.15) is 0 Å². The number of aliphatic hydroxyl groups is 1. The van der Waals surface area contributed by atoms with Gasteiger partial charge >= 0.3 is 0 Å². The first-order valence-electron chi connectivity index (χ1n) is 6.35. The van der Waals surface area contributed by atoms with Gasteiger partial charge in [0, 0.05) is 24.5 Å². The SMILES string of the molecule is CC(C)N(C)CCCNS(=O)(=O)c1c[nH]c(CO)c1. The number of hydrogen-bond acceptors (Lipinski definition) is 4. The third-order valence-electron chi connectivity index (χ3n) is 3.06. The minimum Gasteiger partial charge on any atom is -0.390 e. The van der Waals surface area contributed by atoms with Crippen LogP contribution in [0.5, 0.6) is 0 Å². The minimum absolute atomic E-state index is 0.161. The van der Waals surface area contributed by atoms with E-state index in [0.717, 1.165) is 13.0 Å². The van der Waals surface area contributed by atoms with Crippen LogP contribution in [-0.4, -0.2) is 49.6 Å². The highest BCUT2D eigenvalue weighted by Gasteiger charge is 2.15. The van der Waals surface area contributed by atoms with E-state index in [4.69, 9.17) is 5.11 Å². The summed E-state index contributed by atoms with van der Waals surface area (Å²) >= 11 is 0. The minimum atomic E-state index is -3.48. The van der Waals surface area contributed by atoms with Crippen LogP contribution in [0.25, 0.3) is 0 Å². The van der Waals surface area contributed by atoms with Gasteiger partial charge in [-0.2, -0.15) is 0 Å². The molecule has 0 aliphatic carbocycles. The molecule has 0 radical (unpaired) electrons. The van der Waals surface area contributed by atoms with Crippen molar-refractivity contribution in [2.24, 2.45) is 0 Å². The zero-order chi connectivity index (χ0) is 14.5. The molecule has 0 unspecified atom stereocenters. The Morgan fingerprint density at radius 2 is 2.16 bits per heavy atom. The maximum atomic E-state index is 11.9. The maximum absolute atomic E-state index is 11.9. The van der Waals surface area contributed by atoms with Gasteiger partial charge in [-0.1, -0.05) is 0 Å². The summed E-state index contributed by atoms with van der Waals surface area (Å²) in [6.07, 6.45) is 2.14. The van der Waals surface area contributed by atoms with Crippen LogP contribution in [0.15, 0.2) is 17.2 Å². The van der Waals surface area contributed by atoms with E-state index in [1.165, 1.54) is 12.3 Å². The Morgan fingerprint density at radius 1 is 1.47 bits per heavy atom. The number of nitrogens with one attached hydrogen (secondary N) is 2. The number of aromatic nitrogens is 1. The molecule has 1 aromatic rings. The van der Waals surface area contributed by atoms with Crippen molar-refractivity contribution in [1.29, 1.82) is 0 Å². The second-order valence-corrected chi connectivity index (χ2v) is 6.61. The van der Waals surface area contributed by atoms with Crippen LogP contribution in [-0.2, 0) is 16.6 Å². The van der Waals surface area contributed by atoms with Crippen LogP contribution in [0.1, 0.15) is 26.0 Å². The fourth-order valence-electron chi connectivity index (χ4n) is 1.54. The van der Waals surface area contributed by atoms with Crippen LogP contribution >= 0.6 is 0 Å². The Bertz CT molecular complexity index is 482. The highest BCUT2D eigenvalue weighted by atomic mass is 32.2. The molecule has 1 aromatic heterocycles. The molecule has 0 aliphatic rings. The summed E-state index contributed by atoms with van der Waals surface area (Å²) in [6, 6.07) is 1.89. The van der Waals surface area contributed by atoms with Crippen LogP contribution in [0, 0.1) is 0 Å². The van der Waals surface area contributed by atoms with E-state index < -0.39 is 10.0 Å². The number of hydrogen-bond donors (Lipinski definition) is 3. The molecule has 19 heavy (non-hydrogen) atoms. The van der Waals surface area contributed by atoms with Crippen molar-refractivity contribution in [3.05, 3.63) is 18.0 Å². The third-order valence-corrected chi connectivity index (χ3v) is 4.50. The molecule has 0 bridgehead atoms. The number of rotatable bonds is 8. The Morgan fingerprint density at radius 3 is 2.68 bits per heavy atom. The molecule has 0 aromatic carbocycles. The van der Waals surface area contributed by atoms with Gasteiger partial charge in [0.05, 0.1) is 11.5 Å². The predicted molar refractivity (Wildman–Crippen MR) is 74.3 cm³/mol. The van der Waals surface area contributed by atoms with Gasteiger partial charge in [-0.15, -0.1) is 0 Å². The summed E-state index contributed by atoms with van der Waals surface area (Å²) < 4.78 is 26.4. The molecule has 0 saturated heterocycles. The van der Waals surface area contributed by atoms with Crippen LogP contribution in [0.2, 0.25) is 0 Å². The van der Waals surface area contributed by atoms with Gasteiger partial charge in [0.2, 0.25) is 10.0 Å². The summed E-state index contributed by atoms with van der Waals surface area (Å²) in [5.74, 6) is 0. The van der Waals surface area contributed by atoms with E-state index in [9.17, 15) is 8.42 Å². The molecule has 3 N–H and O–H groups in total. The van der Waals surface area contributed by atoms with Crippen LogP contribution < -0.4 is 4.72 Å². The molecule has 0 saturated carbocycles. The van der Waals surface area contributed by atoms with E-state index in [1.54, 1.807) is 0 Å². The third kappa shape index (κ3) is 4.94. The highest BCUT2D eigenvalue weighted by molar-refractivity contribution is 7.89. The Hall–Kier alpha value is -0.890. The number of nitrogens with zero attached hydrogens (tertiary/aromatic N) is 1. The molecule has 7 heteroatoms. The average Bonchev–Trinajstić information content (AvgIpc) is 2.83. The number of aromatic amines is 1. The smallest absolute Gasteiger partial charge is 0.242 e. The van der Waals surface area contributed by atoms with E-state index in [1.807, 2.05) is 7.05 Å². The van der Waals surface area contributed by atoms with Crippen molar-refractivity contribution in [3.8, 4) is 0 Å². The summed E-state index contributed by atoms with van der Waals surface area (Å²) in [5.41, 5.74) is 0.486. The zero-order valence-corrected chi connectivity index (χ0v) is 12.5. The molecule has 0 spiro atoms. The number of H-pyrrole nitrogens is 1. The van der Waals surface area contributed by atoms with Crippen molar-refractivity contribution in [1.82, 2.24) is 14.6 Å². The van der Waals surface area contributed by atoms with Crippen molar-refractivity contribution >= 4 is 10.0 Å². The number of sulfonamides is 1. The second-order valence-electron chi connectivity index (χ2n) is 4.84. The molecule has 110 valence electrons. The van der Waals surface area contributed by atoms with Gasteiger partial charge in [-0.05, 0) is 39.9 Å². The quantitative estimate of drug-likeness (QED) is 0.609. The van der Waals surface area contributed by atoms with Crippen molar-refractivity contribution in [2.75, 3.05) is 20.1 Å². The summed E-state index contributed by atoms with van der Waals surface area (Å²) in [5, 5.41) is 8.89. The van der Waals surface area contributed by atoms with Crippen molar-refractivity contribution < 1.29 is 13.5 Å². The van der Waals surface area contributed by atoms with E-state index >= 15 is 0 Å². The average molecular weight is 289 g/mol. The van der Waals surface area contributed by atoms with E-state index in [0.29, 0.717) is 18.3 Å². The second kappa shape index (κ2) is 7.04. The first-order chi connectivity index (χ1) is 8.86. The van der Waals surface area contributed by atoms with Crippen molar-refractivity contribution in [2.45, 2.75) is 37.8 Å². The van der Waals surface area contributed by atoms with Gasteiger partial charge in [-0.25, -0.2) is 13.1 Å². The molecule has 0 amide bonds. The Balaban J connectivity index is 2.43. The molecular formula is C12H23N3O3S. The lowest BCUT2D eigenvalue weighted by Gasteiger charge is -2.20. The first kappa shape index (κ1) is 16.2. The van der Waals surface area contributed by atoms with Gasteiger partial charge in [0.15, 0.2) is 0 Å². The van der Waals surface area contributed by atoms with Gasteiger partial charge < -0.3 is 15.0 Å². The zero-order valence-electron chi connectivity index (χ0n) is 11.7. The first-order valence-corrected chi connectivity index (χ1v) is 7.83. The molecule has 1 rings (SSSR count). The lowest BCUT2D eigenvalue weighted by Crippen LogP contribution is -2.31. The standard InChI is InChI=1S/C12H23N3O3S/c1-10(2)15(3)6-4-5-14-19(17,18)12-7-11(9-16)13-8-12/h7-8,10,13-14,16H,4-6,9H2,1-3H3. The van der Waals surface area contributed by atoms with Gasteiger partial charge in [0.25, 0.3) is 0 Å². The summed E-state index contributed by atoms with van der Waals surface area (Å²) in [4.78, 5) is 5.03.